The molecule has 1 atom stereocenters. The molecule has 0 radical (unpaired) electrons. The van der Waals surface area contributed by atoms with Gasteiger partial charge in [-0.1, -0.05) is 54.6 Å². The van der Waals surface area contributed by atoms with E-state index in [1.54, 1.807) is 6.92 Å². The van der Waals surface area contributed by atoms with Crippen LogP contribution in [0.3, 0.4) is 0 Å². The Morgan fingerprint density at radius 2 is 1.18 bits per heavy atom. The monoisotopic (exact) mass is 452 g/mol. The van der Waals surface area contributed by atoms with Gasteiger partial charge in [0.25, 0.3) is 0 Å². The molecule has 0 saturated heterocycles. The van der Waals surface area contributed by atoms with E-state index in [0.29, 0.717) is 19.6 Å². The van der Waals surface area contributed by atoms with Gasteiger partial charge in [-0.25, -0.2) is 4.39 Å². The van der Waals surface area contributed by atoms with Gasteiger partial charge in [0.15, 0.2) is 0 Å². The highest BCUT2D eigenvalue weighted by Crippen LogP contribution is 2.21. The third-order valence-electron chi connectivity index (χ3n) is 5.01. The maximum absolute atomic E-state index is 12.7. The lowest BCUT2D eigenvalue weighted by Crippen LogP contribution is -2.05. The average molecular weight is 453 g/mol. The SMILES string of the molecule is C=CCCCc1ccccc1OCCC=C.C=CCCCc1ccccc1OCC[C@H](C)F. The fourth-order valence-corrected chi connectivity index (χ4v) is 3.16. The smallest absolute Gasteiger partial charge is 0.122 e. The minimum atomic E-state index is -0.803. The standard InChI is InChI=1S/C15H21FO.C15H20O/c1-3-4-5-8-14-9-6-7-10-15(14)17-12-11-13(2)16;1-3-5-7-10-14-11-8-9-12-15(14)16-13-6-4-2/h3,6-7,9-10,13H,1,4-5,8,11-12H2,2H3;3-4,8-9,11-12H,1-2,5-7,10,13H2/t13-;/m0./s1. The van der Waals surface area contributed by atoms with Crippen molar-refractivity contribution in [2.45, 2.75) is 64.5 Å². The van der Waals surface area contributed by atoms with Gasteiger partial charge < -0.3 is 9.47 Å². The molecule has 0 fully saturated rings. The average Bonchev–Trinajstić information content (AvgIpc) is 2.82. The summed E-state index contributed by atoms with van der Waals surface area (Å²) in [4.78, 5) is 0. The van der Waals surface area contributed by atoms with Gasteiger partial charge in [-0.05, 0) is 75.1 Å². The summed E-state index contributed by atoms with van der Waals surface area (Å²) in [7, 11) is 0. The molecule has 0 aliphatic rings. The van der Waals surface area contributed by atoms with Crippen LogP contribution in [-0.2, 0) is 12.8 Å². The Balaban J connectivity index is 0.000000331. The van der Waals surface area contributed by atoms with Crippen LogP contribution in [0.2, 0.25) is 0 Å². The van der Waals surface area contributed by atoms with E-state index >= 15 is 0 Å². The van der Waals surface area contributed by atoms with Gasteiger partial charge in [0.1, 0.15) is 17.7 Å². The van der Waals surface area contributed by atoms with Crippen molar-refractivity contribution >= 4 is 0 Å². The fourth-order valence-electron chi connectivity index (χ4n) is 3.16. The Kier molecular flexibility index (Phi) is 16.0. The number of ether oxygens (including phenoxy) is 2. The van der Waals surface area contributed by atoms with Crippen molar-refractivity contribution in [1.82, 2.24) is 0 Å². The minimum absolute atomic E-state index is 0.441. The normalized spacial score (nSPS) is 11.0. The summed E-state index contributed by atoms with van der Waals surface area (Å²) in [6.45, 7) is 13.8. The summed E-state index contributed by atoms with van der Waals surface area (Å²) in [6, 6.07) is 16.2. The zero-order valence-electron chi connectivity index (χ0n) is 20.3. The zero-order valence-corrected chi connectivity index (χ0v) is 20.3. The third kappa shape index (κ3) is 13.4. The number of para-hydroxylation sites is 2. The second kappa shape index (κ2) is 18.7. The van der Waals surface area contributed by atoms with Crippen LogP contribution in [0.15, 0.2) is 86.5 Å². The van der Waals surface area contributed by atoms with E-state index in [0.717, 1.165) is 56.4 Å². The van der Waals surface area contributed by atoms with Gasteiger partial charge in [-0.3, -0.25) is 0 Å². The number of benzene rings is 2. The lowest BCUT2D eigenvalue weighted by molar-refractivity contribution is 0.245. The van der Waals surface area contributed by atoms with E-state index in [9.17, 15) is 4.39 Å². The number of unbranched alkanes of at least 4 members (excludes halogenated alkanes) is 2. The summed E-state index contributed by atoms with van der Waals surface area (Å²) in [5.74, 6) is 1.89. The number of allylic oxidation sites excluding steroid dienone is 2. The van der Waals surface area contributed by atoms with Crippen molar-refractivity contribution in [3.8, 4) is 11.5 Å². The molecule has 0 heterocycles. The Morgan fingerprint density at radius 3 is 1.64 bits per heavy atom. The van der Waals surface area contributed by atoms with E-state index in [2.05, 4.69) is 37.9 Å². The molecule has 3 heteroatoms. The van der Waals surface area contributed by atoms with Crippen LogP contribution in [0.25, 0.3) is 0 Å². The van der Waals surface area contributed by atoms with E-state index in [4.69, 9.17) is 9.47 Å². The van der Waals surface area contributed by atoms with Gasteiger partial charge in [0, 0.05) is 6.42 Å². The van der Waals surface area contributed by atoms with E-state index in [-0.39, 0.29) is 0 Å². The quantitative estimate of drug-likeness (QED) is 0.188. The van der Waals surface area contributed by atoms with E-state index < -0.39 is 6.17 Å². The van der Waals surface area contributed by atoms with Crippen LogP contribution < -0.4 is 9.47 Å². The van der Waals surface area contributed by atoms with E-state index in [1.807, 2.05) is 48.6 Å². The highest BCUT2D eigenvalue weighted by atomic mass is 19.1. The summed E-state index contributed by atoms with van der Waals surface area (Å²) in [5, 5.41) is 0. The molecule has 0 unspecified atom stereocenters. The summed E-state index contributed by atoms with van der Waals surface area (Å²) in [6.07, 6.45) is 12.6. The van der Waals surface area contributed by atoms with Crippen LogP contribution in [0.1, 0.15) is 56.6 Å². The molecular formula is C30H41FO2. The zero-order chi connectivity index (χ0) is 24.2. The Morgan fingerprint density at radius 1 is 0.727 bits per heavy atom. The maximum Gasteiger partial charge on any atom is 0.122 e. The molecule has 33 heavy (non-hydrogen) atoms. The highest BCUT2D eigenvalue weighted by Gasteiger charge is 2.04. The van der Waals surface area contributed by atoms with Crippen molar-refractivity contribution < 1.29 is 13.9 Å². The molecule has 2 aromatic rings. The predicted molar refractivity (Wildman–Crippen MR) is 140 cm³/mol. The van der Waals surface area contributed by atoms with Gasteiger partial charge >= 0.3 is 0 Å². The van der Waals surface area contributed by atoms with Crippen molar-refractivity contribution in [3.63, 3.8) is 0 Å². The van der Waals surface area contributed by atoms with Crippen LogP contribution in [-0.4, -0.2) is 19.4 Å². The Bertz CT molecular complexity index is 764. The number of rotatable bonds is 16. The second-order valence-corrected chi connectivity index (χ2v) is 7.92. The molecule has 0 saturated carbocycles. The molecule has 2 rings (SSSR count). The molecule has 0 aromatic heterocycles. The first kappa shape index (κ1) is 28.2. The fraction of sp³-hybridized carbons (Fsp3) is 0.400. The third-order valence-corrected chi connectivity index (χ3v) is 5.01. The molecule has 0 N–H and O–H groups in total. The van der Waals surface area contributed by atoms with Crippen molar-refractivity contribution in [1.29, 1.82) is 0 Å². The van der Waals surface area contributed by atoms with Crippen LogP contribution in [0.5, 0.6) is 11.5 Å². The van der Waals surface area contributed by atoms with Crippen LogP contribution >= 0.6 is 0 Å². The van der Waals surface area contributed by atoms with Crippen LogP contribution in [0, 0.1) is 0 Å². The second-order valence-electron chi connectivity index (χ2n) is 7.92. The number of hydrogen-bond donors (Lipinski definition) is 0. The summed E-state index contributed by atoms with van der Waals surface area (Å²) < 4.78 is 24.0. The number of aryl methyl sites for hydroxylation is 2. The van der Waals surface area contributed by atoms with E-state index in [1.165, 1.54) is 11.1 Å². The van der Waals surface area contributed by atoms with Gasteiger partial charge in [0.05, 0.1) is 13.2 Å². The molecule has 0 amide bonds. The molecule has 2 nitrogen and oxygen atoms in total. The Labute approximate surface area is 200 Å². The largest absolute Gasteiger partial charge is 0.493 e. The van der Waals surface area contributed by atoms with Gasteiger partial charge in [-0.15, -0.1) is 19.7 Å². The molecule has 0 bridgehead atoms. The summed E-state index contributed by atoms with van der Waals surface area (Å²) >= 11 is 0. The van der Waals surface area contributed by atoms with Gasteiger partial charge in [-0.2, -0.15) is 0 Å². The van der Waals surface area contributed by atoms with Crippen molar-refractivity contribution in [2.24, 2.45) is 0 Å². The summed E-state index contributed by atoms with van der Waals surface area (Å²) in [5.41, 5.74) is 2.48. The minimum Gasteiger partial charge on any atom is -0.493 e. The first-order valence-electron chi connectivity index (χ1n) is 12.0. The van der Waals surface area contributed by atoms with Gasteiger partial charge in [0.2, 0.25) is 0 Å². The first-order valence-corrected chi connectivity index (χ1v) is 12.0. The number of hydrogen-bond acceptors (Lipinski definition) is 2. The maximum atomic E-state index is 12.7. The van der Waals surface area contributed by atoms with Crippen LogP contribution in [0.4, 0.5) is 4.39 Å². The number of halogens is 1. The van der Waals surface area contributed by atoms with Crippen molar-refractivity contribution in [3.05, 3.63) is 97.6 Å². The van der Waals surface area contributed by atoms with Crippen molar-refractivity contribution in [2.75, 3.05) is 13.2 Å². The number of alkyl halides is 1. The predicted octanol–water partition coefficient (Wildman–Crippen LogP) is 8.47. The first-order chi connectivity index (χ1) is 16.1. The lowest BCUT2D eigenvalue weighted by Gasteiger charge is -2.11. The molecule has 180 valence electrons. The molecule has 0 spiro atoms. The molecule has 0 aliphatic carbocycles. The highest BCUT2D eigenvalue weighted by molar-refractivity contribution is 5.34. The molecular weight excluding hydrogens is 411 g/mol. The molecule has 0 aliphatic heterocycles. The molecule has 2 aromatic carbocycles. The topological polar surface area (TPSA) is 18.5 Å². The lowest BCUT2D eigenvalue weighted by atomic mass is 10.1. The Hall–Kier alpha value is -2.81.